The molecule has 148 valence electrons. The molecule has 0 amide bonds. The van der Waals surface area contributed by atoms with Crippen LogP contribution in [0.4, 0.5) is 0 Å². The monoisotopic (exact) mass is 373 g/mol. The van der Waals surface area contributed by atoms with Gasteiger partial charge in [0, 0.05) is 0 Å². The molecular weight excluding hydrogens is 342 g/mol. The molecule has 0 radical (unpaired) electrons. The Kier molecular flexibility index (Phi) is 8.77. The number of aryl methyl sites for hydroxylation is 1. The summed E-state index contributed by atoms with van der Waals surface area (Å²) >= 11 is 0. The number of carbonyl (C=O) groups excluding carboxylic acids is 1. The standard InChI is InChI=1S/C22H31NO4/c1-3-5-7-9-18-11-13-19(14-12-18)27-21(24)22(15-23)16-25-20(26-17-22)10-8-6-4-2/h11-14,20H,3-10,16-17H2,1-2H3/t20-,22+. The fraction of sp³-hybridized carbons (Fsp3) is 0.636. The highest BCUT2D eigenvalue weighted by Crippen LogP contribution is 2.28. The molecule has 0 unspecified atom stereocenters. The zero-order chi connectivity index (χ0) is 19.5. The minimum Gasteiger partial charge on any atom is -0.425 e. The van der Waals surface area contributed by atoms with E-state index in [-0.39, 0.29) is 19.5 Å². The van der Waals surface area contributed by atoms with Gasteiger partial charge in [0.1, 0.15) is 5.75 Å². The van der Waals surface area contributed by atoms with Gasteiger partial charge >= 0.3 is 5.97 Å². The van der Waals surface area contributed by atoms with Crippen LogP contribution in [0.25, 0.3) is 0 Å². The minimum atomic E-state index is -1.40. The molecule has 0 atom stereocenters. The summed E-state index contributed by atoms with van der Waals surface area (Å²) in [5, 5.41) is 9.54. The van der Waals surface area contributed by atoms with Crippen molar-refractivity contribution in [3.63, 3.8) is 0 Å². The summed E-state index contributed by atoms with van der Waals surface area (Å²) in [4.78, 5) is 12.6. The van der Waals surface area contributed by atoms with E-state index in [9.17, 15) is 10.1 Å². The molecule has 1 aliphatic heterocycles. The van der Waals surface area contributed by atoms with Crippen molar-refractivity contribution >= 4 is 5.97 Å². The Balaban J connectivity index is 1.87. The van der Waals surface area contributed by atoms with Gasteiger partial charge in [0.15, 0.2) is 6.29 Å². The maximum Gasteiger partial charge on any atom is 0.336 e. The number of hydrogen-bond donors (Lipinski definition) is 0. The molecule has 1 aromatic carbocycles. The highest BCUT2D eigenvalue weighted by molar-refractivity contribution is 5.82. The van der Waals surface area contributed by atoms with Crippen LogP contribution in [0.3, 0.4) is 0 Å². The van der Waals surface area contributed by atoms with Gasteiger partial charge in [-0.05, 0) is 43.4 Å². The molecule has 0 spiro atoms. The first kappa shape index (κ1) is 21.4. The van der Waals surface area contributed by atoms with E-state index >= 15 is 0 Å². The smallest absolute Gasteiger partial charge is 0.336 e. The largest absolute Gasteiger partial charge is 0.425 e. The first-order chi connectivity index (χ1) is 13.1. The maximum absolute atomic E-state index is 12.6. The summed E-state index contributed by atoms with van der Waals surface area (Å²) in [5.41, 5.74) is -0.182. The van der Waals surface area contributed by atoms with Gasteiger partial charge in [-0.25, -0.2) is 4.79 Å². The van der Waals surface area contributed by atoms with Crippen molar-refractivity contribution in [1.29, 1.82) is 5.26 Å². The zero-order valence-corrected chi connectivity index (χ0v) is 16.5. The van der Waals surface area contributed by atoms with Gasteiger partial charge in [0.05, 0.1) is 19.3 Å². The van der Waals surface area contributed by atoms with Crippen LogP contribution >= 0.6 is 0 Å². The molecule has 0 aromatic heterocycles. The number of esters is 1. The van der Waals surface area contributed by atoms with E-state index in [0.29, 0.717) is 5.75 Å². The fourth-order valence-corrected chi connectivity index (χ4v) is 3.02. The number of rotatable bonds is 10. The lowest BCUT2D eigenvalue weighted by Gasteiger charge is -2.33. The van der Waals surface area contributed by atoms with Crippen LogP contribution < -0.4 is 4.74 Å². The zero-order valence-electron chi connectivity index (χ0n) is 16.5. The Bertz CT molecular complexity index is 612. The highest BCUT2D eigenvalue weighted by atomic mass is 16.7. The molecule has 0 saturated carbocycles. The molecule has 2 rings (SSSR count). The normalized spacial score (nSPS) is 22.2. The molecule has 1 heterocycles. The number of ether oxygens (including phenoxy) is 3. The van der Waals surface area contributed by atoms with Crippen molar-refractivity contribution in [2.45, 2.75) is 71.5 Å². The molecule has 5 nitrogen and oxygen atoms in total. The van der Waals surface area contributed by atoms with Crippen molar-refractivity contribution < 1.29 is 19.0 Å². The molecule has 1 aliphatic rings. The lowest BCUT2D eigenvalue weighted by atomic mass is 9.91. The van der Waals surface area contributed by atoms with E-state index < -0.39 is 11.4 Å². The van der Waals surface area contributed by atoms with Crippen molar-refractivity contribution in [2.24, 2.45) is 5.41 Å². The van der Waals surface area contributed by atoms with E-state index in [1.54, 1.807) is 12.1 Å². The van der Waals surface area contributed by atoms with Gasteiger partial charge in [-0.1, -0.05) is 51.7 Å². The van der Waals surface area contributed by atoms with Gasteiger partial charge in [0.2, 0.25) is 5.41 Å². The number of nitrogens with zero attached hydrogens (tertiary/aromatic N) is 1. The van der Waals surface area contributed by atoms with Gasteiger partial charge in [-0.3, -0.25) is 0 Å². The van der Waals surface area contributed by atoms with Gasteiger partial charge in [0.25, 0.3) is 0 Å². The maximum atomic E-state index is 12.6. The highest BCUT2D eigenvalue weighted by Gasteiger charge is 2.46. The molecule has 1 fully saturated rings. The Labute approximate surface area is 162 Å². The van der Waals surface area contributed by atoms with Crippen molar-refractivity contribution in [3.05, 3.63) is 29.8 Å². The minimum absolute atomic E-state index is 0.00816. The Morgan fingerprint density at radius 1 is 1.11 bits per heavy atom. The summed E-state index contributed by atoms with van der Waals surface area (Å²) in [6.07, 6.45) is 8.26. The third-order valence-electron chi connectivity index (χ3n) is 4.88. The topological polar surface area (TPSA) is 68.6 Å². The Morgan fingerprint density at radius 3 is 2.33 bits per heavy atom. The number of carbonyl (C=O) groups is 1. The lowest BCUT2D eigenvalue weighted by molar-refractivity contribution is -0.223. The molecule has 27 heavy (non-hydrogen) atoms. The van der Waals surface area contributed by atoms with Crippen LogP contribution in [-0.2, 0) is 20.7 Å². The third-order valence-corrected chi connectivity index (χ3v) is 4.88. The number of unbranched alkanes of at least 4 members (excludes halogenated alkanes) is 4. The van der Waals surface area contributed by atoms with Crippen LogP contribution in [0.2, 0.25) is 0 Å². The van der Waals surface area contributed by atoms with Crippen LogP contribution in [0.15, 0.2) is 24.3 Å². The van der Waals surface area contributed by atoms with Crippen molar-refractivity contribution in [1.82, 2.24) is 0 Å². The average molecular weight is 373 g/mol. The second kappa shape index (κ2) is 11.1. The summed E-state index contributed by atoms with van der Waals surface area (Å²) in [5.74, 6) is -0.172. The molecule has 0 N–H and O–H groups in total. The second-order valence-corrected chi connectivity index (χ2v) is 7.23. The SMILES string of the molecule is CCCCCc1ccc(OC(=O)[C@]2(C#N)CO[C@H](CCCCC)OC2)cc1. The third kappa shape index (κ3) is 6.34. The lowest BCUT2D eigenvalue weighted by Crippen LogP contribution is -2.48. The summed E-state index contributed by atoms with van der Waals surface area (Å²) in [7, 11) is 0. The Hall–Kier alpha value is -1.90. The first-order valence-electron chi connectivity index (χ1n) is 10.1. The molecule has 5 heteroatoms. The predicted octanol–water partition coefficient (Wildman–Crippen LogP) is 4.79. The predicted molar refractivity (Wildman–Crippen MR) is 103 cm³/mol. The number of hydrogen-bond acceptors (Lipinski definition) is 5. The van der Waals surface area contributed by atoms with E-state index in [2.05, 4.69) is 13.8 Å². The van der Waals surface area contributed by atoms with Crippen LogP contribution in [0.5, 0.6) is 5.75 Å². The van der Waals surface area contributed by atoms with Crippen LogP contribution in [-0.4, -0.2) is 25.5 Å². The van der Waals surface area contributed by atoms with E-state index in [0.717, 1.165) is 38.5 Å². The molecule has 1 saturated heterocycles. The van der Waals surface area contributed by atoms with Crippen LogP contribution in [0.1, 0.15) is 64.4 Å². The molecular formula is C22H31NO4. The second-order valence-electron chi connectivity index (χ2n) is 7.23. The van der Waals surface area contributed by atoms with Gasteiger partial charge < -0.3 is 14.2 Å². The molecule has 1 aromatic rings. The average Bonchev–Trinajstić information content (AvgIpc) is 2.70. The van der Waals surface area contributed by atoms with Crippen molar-refractivity contribution in [3.8, 4) is 11.8 Å². The first-order valence-corrected chi connectivity index (χ1v) is 10.1. The summed E-state index contributed by atoms with van der Waals surface area (Å²) in [6.45, 7) is 4.33. The number of nitriles is 1. The van der Waals surface area contributed by atoms with Gasteiger partial charge in [-0.2, -0.15) is 5.26 Å². The van der Waals surface area contributed by atoms with E-state index in [1.165, 1.54) is 18.4 Å². The molecule has 0 bridgehead atoms. The Morgan fingerprint density at radius 2 is 1.74 bits per heavy atom. The summed E-state index contributed by atoms with van der Waals surface area (Å²) < 4.78 is 16.7. The fourth-order valence-electron chi connectivity index (χ4n) is 3.02. The van der Waals surface area contributed by atoms with E-state index in [4.69, 9.17) is 14.2 Å². The summed E-state index contributed by atoms with van der Waals surface area (Å²) in [6, 6.07) is 9.54. The number of benzene rings is 1. The quantitative estimate of drug-likeness (QED) is 0.335. The van der Waals surface area contributed by atoms with Crippen molar-refractivity contribution in [2.75, 3.05) is 13.2 Å². The van der Waals surface area contributed by atoms with Gasteiger partial charge in [-0.15, -0.1) is 0 Å². The van der Waals surface area contributed by atoms with E-state index in [1.807, 2.05) is 18.2 Å². The van der Waals surface area contributed by atoms with Crippen LogP contribution in [0, 0.1) is 16.7 Å². The molecule has 0 aliphatic carbocycles.